The number of alkyl halides is 3. The summed E-state index contributed by atoms with van der Waals surface area (Å²) in [6, 6.07) is 13.2. The second-order valence-corrected chi connectivity index (χ2v) is 10.3. The van der Waals surface area contributed by atoms with Crippen molar-refractivity contribution in [2.24, 2.45) is 5.73 Å². The molecule has 5 rings (SSSR count). The molecule has 1 atom stereocenters. The van der Waals surface area contributed by atoms with Gasteiger partial charge < -0.3 is 15.6 Å². The summed E-state index contributed by atoms with van der Waals surface area (Å²) in [6.07, 6.45) is -4.53. The number of carbonyl (C=O) groups excluding carboxylic acids is 3. The van der Waals surface area contributed by atoms with E-state index in [4.69, 9.17) is 17.3 Å². The molecular formula is C26H19ClF3N5O3S. The highest BCUT2D eigenvalue weighted by atomic mass is 35.5. The minimum Gasteiger partial charge on any atom is -0.366 e. The van der Waals surface area contributed by atoms with E-state index in [1.165, 1.54) is 46.7 Å². The van der Waals surface area contributed by atoms with Gasteiger partial charge in [-0.1, -0.05) is 23.7 Å². The molecular weight excluding hydrogens is 555 g/mol. The normalized spacial score (nSPS) is 15.4. The standard InChI is InChI=1S/C26H19ClF3N5O3S/c27-16-5-7-21-17(10-16)23(37)32-19(12-39-21)24(38)34-25-33-18-9-14(22(31)36)4-6-20(18)35(25)11-13-2-1-3-15(8-13)26(28,29)30/h1-10,19H,11-12H2,(H2,31,36)(H,32,37)(H,33,34,38)/t19-/m0/s1. The van der Waals surface area contributed by atoms with Crippen molar-refractivity contribution in [2.45, 2.75) is 23.7 Å². The molecule has 1 aliphatic heterocycles. The van der Waals surface area contributed by atoms with Gasteiger partial charge >= 0.3 is 6.18 Å². The smallest absolute Gasteiger partial charge is 0.366 e. The first-order valence-electron chi connectivity index (χ1n) is 11.5. The number of hydrogen-bond acceptors (Lipinski definition) is 5. The number of aromatic nitrogens is 2. The molecule has 4 N–H and O–H groups in total. The fourth-order valence-corrected chi connectivity index (χ4v) is 5.39. The van der Waals surface area contributed by atoms with Gasteiger partial charge in [-0.2, -0.15) is 13.2 Å². The molecule has 0 radical (unpaired) electrons. The van der Waals surface area contributed by atoms with Crippen LogP contribution in [0.3, 0.4) is 0 Å². The fraction of sp³-hybridized carbons (Fsp3) is 0.154. The topological polar surface area (TPSA) is 119 Å². The van der Waals surface area contributed by atoms with E-state index in [1.54, 1.807) is 18.2 Å². The molecule has 0 bridgehead atoms. The molecule has 2 heterocycles. The number of amides is 3. The number of thioether (sulfide) groups is 1. The van der Waals surface area contributed by atoms with Gasteiger partial charge in [0.1, 0.15) is 6.04 Å². The van der Waals surface area contributed by atoms with E-state index in [0.717, 1.165) is 12.1 Å². The van der Waals surface area contributed by atoms with Gasteiger partial charge in [-0.15, -0.1) is 11.8 Å². The molecule has 0 unspecified atom stereocenters. The Labute approximate surface area is 228 Å². The Morgan fingerprint density at radius 2 is 1.95 bits per heavy atom. The fourth-order valence-electron chi connectivity index (χ4n) is 4.16. The summed E-state index contributed by atoms with van der Waals surface area (Å²) in [4.78, 5) is 42.8. The van der Waals surface area contributed by atoms with E-state index in [0.29, 0.717) is 32.1 Å². The second kappa shape index (κ2) is 10.3. The van der Waals surface area contributed by atoms with E-state index in [2.05, 4.69) is 15.6 Å². The van der Waals surface area contributed by atoms with Crippen LogP contribution in [0.5, 0.6) is 0 Å². The molecule has 39 heavy (non-hydrogen) atoms. The Morgan fingerprint density at radius 1 is 1.15 bits per heavy atom. The van der Waals surface area contributed by atoms with Crippen LogP contribution in [0.1, 0.15) is 31.8 Å². The van der Waals surface area contributed by atoms with Crippen molar-refractivity contribution >= 4 is 58.1 Å². The number of nitrogens with one attached hydrogen (secondary N) is 2. The van der Waals surface area contributed by atoms with Gasteiger partial charge in [-0.3, -0.25) is 19.7 Å². The maximum atomic E-state index is 13.3. The van der Waals surface area contributed by atoms with E-state index in [1.807, 2.05) is 0 Å². The number of halogens is 4. The van der Waals surface area contributed by atoms with Crippen LogP contribution in [0.4, 0.5) is 19.1 Å². The van der Waals surface area contributed by atoms with Gasteiger partial charge in [0.15, 0.2) is 0 Å². The zero-order valence-electron chi connectivity index (χ0n) is 19.9. The Kier molecular flexibility index (Phi) is 7.00. The van der Waals surface area contributed by atoms with E-state index in [-0.39, 0.29) is 23.8 Å². The summed E-state index contributed by atoms with van der Waals surface area (Å²) in [6.45, 7) is -0.0678. The molecule has 13 heteroatoms. The molecule has 1 aliphatic rings. The molecule has 8 nitrogen and oxygen atoms in total. The number of carbonyl (C=O) groups is 3. The first-order valence-corrected chi connectivity index (χ1v) is 12.9. The lowest BCUT2D eigenvalue weighted by molar-refractivity contribution is -0.137. The van der Waals surface area contributed by atoms with Gasteiger partial charge in [0.05, 0.1) is 28.7 Å². The largest absolute Gasteiger partial charge is 0.416 e. The highest BCUT2D eigenvalue weighted by Gasteiger charge is 2.31. The van der Waals surface area contributed by atoms with Crippen molar-refractivity contribution in [1.82, 2.24) is 14.9 Å². The number of benzene rings is 3. The van der Waals surface area contributed by atoms with Crippen molar-refractivity contribution in [1.29, 1.82) is 0 Å². The number of imidazole rings is 1. The number of nitrogens with zero attached hydrogens (tertiary/aromatic N) is 2. The third-order valence-corrected chi connectivity index (χ3v) is 7.48. The van der Waals surface area contributed by atoms with Crippen LogP contribution in [0.25, 0.3) is 11.0 Å². The van der Waals surface area contributed by atoms with Crippen molar-refractivity contribution in [3.05, 3.63) is 87.9 Å². The van der Waals surface area contributed by atoms with Gasteiger partial charge in [0, 0.05) is 21.2 Å². The van der Waals surface area contributed by atoms with Gasteiger partial charge in [-0.05, 0) is 54.1 Å². The zero-order chi connectivity index (χ0) is 27.9. The molecule has 0 spiro atoms. The molecule has 3 aromatic carbocycles. The first-order chi connectivity index (χ1) is 18.5. The minimum absolute atomic E-state index is 0.0260. The number of hydrogen-bond donors (Lipinski definition) is 3. The Morgan fingerprint density at radius 3 is 2.69 bits per heavy atom. The van der Waals surface area contributed by atoms with Crippen LogP contribution in [0.15, 0.2) is 65.6 Å². The summed E-state index contributed by atoms with van der Waals surface area (Å²) < 4.78 is 41.4. The quantitative estimate of drug-likeness (QED) is 0.320. The number of rotatable bonds is 5. The highest BCUT2D eigenvalue weighted by Crippen LogP contribution is 2.31. The SMILES string of the molecule is NC(=O)c1ccc2c(c1)nc(NC(=O)[C@@H]1CSc3ccc(Cl)cc3C(=O)N1)n2Cc1cccc(C(F)(F)F)c1. The average molecular weight is 574 g/mol. The lowest BCUT2D eigenvalue weighted by atomic mass is 10.1. The number of nitrogens with two attached hydrogens (primary N) is 1. The van der Waals surface area contributed by atoms with Crippen LogP contribution >= 0.6 is 23.4 Å². The third kappa shape index (κ3) is 5.57. The lowest BCUT2D eigenvalue weighted by Gasteiger charge is -2.16. The zero-order valence-corrected chi connectivity index (χ0v) is 21.5. The summed E-state index contributed by atoms with van der Waals surface area (Å²) in [5, 5.41) is 5.75. The molecule has 4 aromatic rings. The number of fused-ring (bicyclic) bond motifs is 2. The van der Waals surface area contributed by atoms with E-state index < -0.39 is 35.5 Å². The van der Waals surface area contributed by atoms with Crippen molar-refractivity contribution in [3.8, 4) is 0 Å². The molecule has 0 aliphatic carbocycles. The van der Waals surface area contributed by atoms with Crippen molar-refractivity contribution in [3.63, 3.8) is 0 Å². The second-order valence-electron chi connectivity index (χ2n) is 8.75. The van der Waals surface area contributed by atoms with Crippen LogP contribution in [0, 0.1) is 0 Å². The van der Waals surface area contributed by atoms with E-state index in [9.17, 15) is 27.6 Å². The van der Waals surface area contributed by atoms with Crippen molar-refractivity contribution < 1.29 is 27.6 Å². The average Bonchev–Trinajstić information content (AvgIpc) is 3.12. The predicted octanol–water partition coefficient (Wildman–Crippen LogP) is 4.70. The molecule has 3 amide bonds. The molecule has 1 aromatic heterocycles. The maximum absolute atomic E-state index is 13.3. The van der Waals surface area contributed by atoms with Crippen molar-refractivity contribution in [2.75, 3.05) is 11.1 Å². The number of anilines is 1. The molecule has 0 saturated heterocycles. The molecule has 200 valence electrons. The molecule has 0 saturated carbocycles. The Balaban J connectivity index is 1.48. The van der Waals surface area contributed by atoms with Gasteiger partial charge in [0.2, 0.25) is 17.8 Å². The van der Waals surface area contributed by atoms with Crippen LogP contribution in [-0.2, 0) is 17.5 Å². The summed E-state index contributed by atoms with van der Waals surface area (Å²) in [5.74, 6) is -1.50. The Hall–Kier alpha value is -4.03. The highest BCUT2D eigenvalue weighted by molar-refractivity contribution is 7.99. The van der Waals surface area contributed by atoms with Crippen LogP contribution in [0.2, 0.25) is 5.02 Å². The Bertz CT molecular complexity index is 1640. The minimum atomic E-state index is -4.53. The maximum Gasteiger partial charge on any atom is 0.416 e. The van der Waals surface area contributed by atoms with E-state index >= 15 is 0 Å². The third-order valence-electron chi connectivity index (χ3n) is 6.08. The number of primary amides is 1. The van der Waals surface area contributed by atoms with Crippen LogP contribution < -0.4 is 16.4 Å². The molecule has 0 fully saturated rings. The van der Waals surface area contributed by atoms with Gasteiger partial charge in [0.25, 0.3) is 5.91 Å². The summed E-state index contributed by atoms with van der Waals surface area (Å²) in [7, 11) is 0. The van der Waals surface area contributed by atoms with Crippen LogP contribution in [-0.4, -0.2) is 39.1 Å². The monoisotopic (exact) mass is 573 g/mol. The summed E-state index contributed by atoms with van der Waals surface area (Å²) >= 11 is 7.32. The summed E-state index contributed by atoms with van der Waals surface area (Å²) in [5.41, 5.74) is 6.15. The first kappa shape index (κ1) is 26.6. The van der Waals surface area contributed by atoms with Gasteiger partial charge in [-0.25, -0.2) is 4.98 Å². The lowest BCUT2D eigenvalue weighted by Crippen LogP contribution is -2.44. The predicted molar refractivity (Wildman–Crippen MR) is 141 cm³/mol.